The van der Waals surface area contributed by atoms with Gasteiger partial charge in [0.15, 0.2) is 5.78 Å². The van der Waals surface area contributed by atoms with Gasteiger partial charge in [0.05, 0.1) is 0 Å². The molecule has 0 radical (unpaired) electrons. The highest BCUT2D eigenvalue weighted by molar-refractivity contribution is 5.97. The SMILES string of the molecule is CC(C)c1ccc(C(=O)Cc2ccc(F)cc2)cc1. The van der Waals surface area contributed by atoms with Crippen molar-refractivity contribution >= 4 is 5.78 Å². The van der Waals surface area contributed by atoms with Gasteiger partial charge >= 0.3 is 0 Å². The average molecular weight is 256 g/mol. The second-order valence-corrected chi connectivity index (χ2v) is 5.00. The minimum atomic E-state index is -0.280. The topological polar surface area (TPSA) is 17.1 Å². The number of hydrogen-bond acceptors (Lipinski definition) is 1. The van der Waals surface area contributed by atoms with Gasteiger partial charge in [-0.2, -0.15) is 0 Å². The number of carbonyl (C=O) groups excluding carboxylic acids is 1. The van der Waals surface area contributed by atoms with Crippen LogP contribution in [0.25, 0.3) is 0 Å². The van der Waals surface area contributed by atoms with Crippen LogP contribution < -0.4 is 0 Å². The van der Waals surface area contributed by atoms with Crippen molar-refractivity contribution in [2.45, 2.75) is 26.2 Å². The van der Waals surface area contributed by atoms with Gasteiger partial charge in [0.2, 0.25) is 0 Å². The molecule has 0 atom stereocenters. The lowest BCUT2D eigenvalue weighted by Crippen LogP contribution is -2.03. The molecule has 0 spiro atoms. The number of benzene rings is 2. The van der Waals surface area contributed by atoms with Crippen molar-refractivity contribution in [3.63, 3.8) is 0 Å². The van der Waals surface area contributed by atoms with Crippen LogP contribution in [0.4, 0.5) is 4.39 Å². The van der Waals surface area contributed by atoms with Crippen LogP contribution in [-0.4, -0.2) is 5.78 Å². The third kappa shape index (κ3) is 3.50. The fourth-order valence-electron chi connectivity index (χ4n) is 1.94. The van der Waals surface area contributed by atoms with Crippen LogP contribution in [0.2, 0.25) is 0 Å². The third-order valence-corrected chi connectivity index (χ3v) is 3.18. The molecular weight excluding hydrogens is 239 g/mol. The summed E-state index contributed by atoms with van der Waals surface area (Å²) in [5.41, 5.74) is 2.76. The van der Waals surface area contributed by atoms with E-state index in [0.717, 1.165) is 5.56 Å². The van der Waals surface area contributed by atoms with Crippen molar-refractivity contribution in [1.29, 1.82) is 0 Å². The first kappa shape index (κ1) is 13.5. The largest absolute Gasteiger partial charge is 0.294 e. The van der Waals surface area contributed by atoms with Gasteiger partial charge in [-0.15, -0.1) is 0 Å². The van der Waals surface area contributed by atoms with Gasteiger partial charge in [0.1, 0.15) is 5.82 Å². The van der Waals surface area contributed by atoms with Crippen LogP contribution >= 0.6 is 0 Å². The zero-order valence-corrected chi connectivity index (χ0v) is 11.2. The summed E-state index contributed by atoms with van der Waals surface area (Å²) < 4.78 is 12.8. The Morgan fingerprint density at radius 3 is 2.11 bits per heavy atom. The number of rotatable bonds is 4. The Kier molecular flexibility index (Phi) is 4.10. The quantitative estimate of drug-likeness (QED) is 0.742. The van der Waals surface area contributed by atoms with Gasteiger partial charge in [0.25, 0.3) is 0 Å². The van der Waals surface area contributed by atoms with Crippen LogP contribution in [-0.2, 0) is 6.42 Å². The Morgan fingerprint density at radius 1 is 1.00 bits per heavy atom. The average Bonchev–Trinajstić information content (AvgIpc) is 2.41. The first-order valence-corrected chi connectivity index (χ1v) is 6.44. The lowest BCUT2D eigenvalue weighted by molar-refractivity contribution is 0.0993. The van der Waals surface area contributed by atoms with E-state index >= 15 is 0 Å². The maximum absolute atomic E-state index is 12.8. The molecule has 0 amide bonds. The summed E-state index contributed by atoms with van der Waals surface area (Å²) in [5, 5.41) is 0. The Bertz CT molecular complexity index is 553. The van der Waals surface area contributed by atoms with Crippen LogP contribution in [0.3, 0.4) is 0 Å². The summed E-state index contributed by atoms with van der Waals surface area (Å²) in [7, 11) is 0. The molecule has 0 saturated carbocycles. The van der Waals surface area contributed by atoms with E-state index in [0.29, 0.717) is 17.9 Å². The summed E-state index contributed by atoms with van der Waals surface area (Å²) in [6.45, 7) is 4.24. The van der Waals surface area contributed by atoms with Gasteiger partial charge in [-0.3, -0.25) is 4.79 Å². The summed E-state index contributed by atoms with van der Waals surface area (Å²) >= 11 is 0. The maximum atomic E-state index is 12.8. The molecule has 0 aliphatic carbocycles. The molecule has 2 aromatic carbocycles. The van der Waals surface area contributed by atoms with E-state index < -0.39 is 0 Å². The Labute approximate surface area is 113 Å². The molecule has 2 heteroatoms. The summed E-state index contributed by atoms with van der Waals surface area (Å²) in [6, 6.07) is 13.8. The van der Waals surface area contributed by atoms with E-state index in [4.69, 9.17) is 0 Å². The third-order valence-electron chi connectivity index (χ3n) is 3.18. The smallest absolute Gasteiger partial charge is 0.167 e. The second kappa shape index (κ2) is 5.79. The van der Waals surface area contributed by atoms with Crippen LogP contribution in [0.15, 0.2) is 48.5 Å². The molecule has 0 saturated heterocycles. The Balaban J connectivity index is 2.09. The number of halogens is 1. The van der Waals surface area contributed by atoms with Crippen molar-refractivity contribution in [2.24, 2.45) is 0 Å². The van der Waals surface area contributed by atoms with Gasteiger partial charge in [-0.1, -0.05) is 50.2 Å². The predicted octanol–water partition coefficient (Wildman–Crippen LogP) is 4.37. The molecule has 0 aromatic heterocycles. The normalized spacial score (nSPS) is 10.7. The Hall–Kier alpha value is -1.96. The van der Waals surface area contributed by atoms with E-state index in [9.17, 15) is 9.18 Å². The molecule has 19 heavy (non-hydrogen) atoms. The lowest BCUT2D eigenvalue weighted by atomic mass is 9.98. The zero-order chi connectivity index (χ0) is 13.8. The minimum Gasteiger partial charge on any atom is -0.294 e. The molecule has 2 aromatic rings. The first-order chi connectivity index (χ1) is 9.06. The van der Waals surface area contributed by atoms with E-state index in [1.54, 1.807) is 12.1 Å². The molecular formula is C17H17FO. The van der Waals surface area contributed by atoms with Crippen molar-refractivity contribution in [3.05, 3.63) is 71.0 Å². The highest BCUT2D eigenvalue weighted by Gasteiger charge is 2.08. The van der Waals surface area contributed by atoms with Crippen LogP contribution in [0, 0.1) is 5.82 Å². The Morgan fingerprint density at radius 2 is 1.58 bits per heavy atom. The molecule has 0 unspecified atom stereocenters. The van der Waals surface area contributed by atoms with Crippen molar-refractivity contribution in [2.75, 3.05) is 0 Å². The summed E-state index contributed by atoms with van der Waals surface area (Å²) in [5.74, 6) is 0.237. The molecule has 0 aliphatic heterocycles. The first-order valence-electron chi connectivity index (χ1n) is 6.44. The molecule has 0 heterocycles. The zero-order valence-electron chi connectivity index (χ0n) is 11.2. The summed E-state index contributed by atoms with van der Waals surface area (Å²) in [4.78, 5) is 12.1. The van der Waals surface area contributed by atoms with Gasteiger partial charge in [-0.25, -0.2) is 4.39 Å². The molecule has 0 aliphatic rings. The van der Waals surface area contributed by atoms with E-state index in [1.165, 1.54) is 17.7 Å². The van der Waals surface area contributed by atoms with Gasteiger partial charge in [-0.05, 0) is 29.2 Å². The summed E-state index contributed by atoms with van der Waals surface area (Å²) in [6.07, 6.45) is 0.307. The van der Waals surface area contributed by atoms with E-state index in [2.05, 4.69) is 13.8 Å². The van der Waals surface area contributed by atoms with Crippen molar-refractivity contribution in [1.82, 2.24) is 0 Å². The van der Waals surface area contributed by atoms with Crippen LogP contribution in [0.1, 0.15) is 41.3 Å². The predicted molar refractivity (Wildman–Crippen MR) is 75.0 cm³/mol. The number of ketones is 1. The van der Waals surface area contributed by atoms with E-state index in [-0.39, 0.29) is 11.6 Å². The van der Waals surface area contributed by atoms with Crippen molar-refractivity contribution in [3.8, 4) is 0 Å². The second-order valence-electron chi connectivity index (χ2n) is 5.00. The molecule has 0 bridgehead atoms. The highest BCUT2D eigenvalue weighted by atomic mass is 19.1. The lowest BCUT2D eigenvalue weighted by Gasteiger charge is -2.06. The molecule has 1 nitrogen and oxygen atoms in total. The van der Waals surface area contributed by atoms with Crippen LogP contribution in [0.5, 0.6) is 0 Å². The monoisotopic (exact) mass is 256 g/mol. The number of hydrogen-bond donors (Lipinski definition) is 0. The molecule has 0 N–H and O–H groups in total. The standard InChI is InChI=1S/C17H17FO/c1-12(2)14-5-7-15(8-6-14)17(19)11-13-3-9-16(18)10-4-13/h3-10,12H,11H2,1-2H3. The highest BCUT2D eigenvalue weighted by Crippen LogP contribution is 2.16. The maximum Gasteiger partial charge on any atom is 0.167 e. The number of Topliss-reactive ketones (excluding diaryl/α,β-unsaturated/α-hetero) is 1. The molecule has 98 valence electrons. The fraction of sp³-hybridized carbons (Fsp3) is 0.235. The van der Waals surface area contributed by atoms with E-state index in [1.807, 2.05) is 24.3 Å². The van der Waals surface area contributed by atoms with Gasteiger partial charge < -0.3 is 0 Å². The number of carbonyl (C=O) groups is 1. The van der Waals surface area contributed by atoms with Crippen molar-refractivity contribution < 1.29 is 9.18 Å². The molecule has 0 fully saturated rings. The fourth-order valence-corrected chi connectivity index (χ4v) is 1.94. The minimum absolute atomic E-state index is 0.0573. The molecule has 2 rings (SSSR count). The van der Waals surface area contributed by atoms with Gasteiger partial charge in [0, 0.05) is 12.0 Å².